The van der Waals surface area contributed by atoms with E-state index in [-0.39, 0.29) is 6.03 Å². The molecule has 21 heavy (non-hydrogen) atoms. The molecular formula is C14H16N2O4S. The first-order chi connectivity index (χ1) is 10.1. The quantitative estimate of drug-likeness (QED) is 0.502. The van der Waals surface area contributed by atoms with Gasteiger partial charge in [-0.15, -0.1) is 18.2 Å². The van der Waals surface area contributed by atoms with E-state index in [4.69, 9.17) is 16.3 Å². The highest BCUT2D eigenvalue weighted by Crippen LogP contribution is 2.15. The Labute approximate surface area is 127 Å². The first kappa shape index (κ1) is 16.7. The summed E-state index contributed by atoms with van der Waals surface area (Å²) in [6, 6.07) is 6.12. The van der Waals surface area contributed by atoms with Crippen molar-refractivity contribution in [3.8, 4) is 18.1 Å². The third-order valence-electron chi connectivity index (χ3n) is 2.19. The molecule has 0 radical (unpaired) electrons. The molecule has 6 nitrogen and oxygen atoms in total. The van der Waals surface area contributed by atoms with E-state index >= 15 is 0 Å². The number of carbonyl (C=O) groups excluding carboxylic acids is 1. The van der Waals surface area contributed by atoms with Crippen LogP contribution in [0.5, 0.6) is 5.75 Å². The number of rotatable bonds is 8. The van der Waals surface area contributed by atoms with E-state index in [1.54, 1.807) is 36.0 Å². The van der Waals surface area contributed by atoms with E-state index in [9.17, 15) is 9.59 Å². The van der Waals surface area contributed by atoms with Gasteiger partial charge >= 0.3 is 12.0 Å². The Bertz CT molecular complexity index is 511. The molecule has 0 aromatic heterocycles. The number of ether oxygens (including phenoxy) is 1. The summed E-state index contributed by atoms with van der Waals surface area (Å²) in [7, 11) is 0. The molecule has 7 heteroatoms. The van der Waals surface area contributed by atoms with Gasteiger partial charge in [0.2, 0.25) is 0 Å². The van der Waals surface area contributed by atoms with Crippen LogP contribution in [0, 0.1) is 12.3 Å². The van der Waals surface area contributed by atoms with Crippen molar-refractivity contribution >= 4 is 29.4 Å². The molecule has 1 aromatic rings. The number of urea groups is 1. The lowest BCUT2D eigenvalue weighted by Gasteiger charge is -2.08. The van der Waals surface area contributed by atoms with Gasteiger partial charge in [-0.3, -0.25) is 0 Å². The molecular weight excluding hydrogens is 292 g/mol. The molecule has 112 valence electrons. The van der Waals surface area contributed by atoms with Crippen LogP contribution < -0.4 is 15.4 Å². The van der Waals surface area contributed by atoms with Crippen LogP contribution in [0.25, 0.3) is 0 Å². The zero-order valence-corrected chi connectivity index (χ0v) is 12.1. The molecule has 2 amide bonds. The molecule has 0 fully saturated rings. The molecule has 0 saturated carbocycles. The number of carboxylic acids is 1. The number of aliphatic carboxylic acids is 1. The summed E-state index contributed by atoms with van der Waals surface area (Å²) in [6.45, 7) is 0.126. The predicted molar refractivity (Wildman–Crippen MR) is 82.8 cm³/mol. The summed E-state index contributed by atoms with van der Waals surface area (Å²) in [5, 5.41) is 13.8. The van der Waals surface area contributed by atoms with E-state index in [0.717, 1.165) is 5.75 Å². The minimum atomic E-state index is -1.04. The second-order valence-electron chi connectivity index (χ2n) is 3.84. The number of carbonyl (C=O) groups is 2. The molecule has 0 atom stereocenters. The molecule has 0 spiro atoms. The van der Waals surface area contributed by atoms with Crippen molar-refractivity contribution in [2.75, 3.05) is 30.0 Å². The number of terminal acetylenes is 1. The van der Waals surface area contributed by atoms with Gasteiger partial charge in [-0.05, 0) is 24.3 Å². The monoisotopic (exact) mass is 308 g/mol. The molecule has 0 heterocycles. The Balaban J connectivity index is 2.29. The number of carboxylic acid groups (broad SMARTS) is 1. The minimum Gasteiger partial charge on any atom is -0.482 e. The molecule has 0 saturated heterocycles. The highest BCUT2D eigenvalue weighted by atomic mass is 32.2. The Morgan fingerprint density at radius 2 is 2.05 bits per heavy atom. The number of hydrogen-bond acceptors (Lipinski definition) is 4. The van der Waals surface area contributed by atoms with Crippen molar-refractivity contribution < 1.29 is 19.4 Å². The van der Waals surface area contributed by atoms with Crippen LogP contribution in [-0.4, -0.2) is 41.8 Å². The van der Waals surface area contributed by atoms with Crippen LogP contribution in [0.3, 0.4) is 0 Å². The number of nitrogens with one attached hydrogen (secondary N) is 2. The topological polar surface area (TPSA) is 87.7 Å². The summed E-state index contributed by atoms with van der Waals surface area (Å²) in [4.78, 5) is 21.9. The van der Waals surface area contributed by atoms with E-state index in [0.29, 0.717) is 23.7 Å². The van der Waals surface area contributed by atoms with Gasteiger partial charge in [0, 0.05) is 18.0 Å². The molecule has 0 aliphatic carbocycles. The maximum absolute atomic E-state index is 11.6. The van der Waals surface area contributed by atoms with E-state index in [1.807, 2.05) is 0 Å². The van der Waals surface area contributed by atoms with Crippen LogP contribution in [0.4, 0.5) is 10.5 Å². The van der Waals surface area contributed by atoms with Crippen LogP contribution in [0.2, 0.25) is 0 Å². The summed E-state index contributed by atoms with van der Waals surface area (Å²) in [5.74, 6) is 3.26. The summed E-state index contributed by atoms with van der Waals surface area (Å²) in [6.07, 6.45) is 5.11. The van der Waals surface area contributed by atoms with Gasteiger partial charge in [-0.2, -0.15) is 0 Å². The van der Waals surface area contributed by atoms with Crippen molar-refractivity contribution in [3.63, 3.8) is 0 Å². The predicted octanol–water partition coefficient (Wildman–Crippen LogP) is 1.64. The Kier molecular flexibility index (Phi) is 7.61. The van der Waals surface area contributed by atoms with Crippen molar-refractivity contribution in [2.24, 2.45) is 0 Å². The maximum Gasteiger partial charge on any atom is 0.341 e. The largest absolute Gasteiger partial charge is 0.482 e. The lowest BCUT2D eigenvalue weighted by atomic mass is 10.3. The maximum atomic E-state index is 11.6. The fraction of sp³-hybridized carbons (Fsp3) is 0.286. The summed E-state index contributed by atoms with van der Waals surface area (Å²) < 4.78 is 4.98. The van der Waals surface area contributed by atoms with Gasteiger partial charge in [-0.25, -0.2) is 9.59 Å². The lowest BCUT2D eigenvalue weighted by Crippen LogP contribution is -2.30. The molecule has 1 rings (SSSR count). The molecule has 1 aromatic carbocycles. The van der Waals surface area contributed by atoms with Crippen LogP contribution >= 0.6 is 11.8 Å². The summed E-state index contributed by atoms with van der Waals surface area (Å²) in [5.41, 5.74) is 0.589. The fourth-order valence-electron chi connectivity index (χ4n) is 1.32. The smallest absolute Gasteiger partial charge is 0.341 e. The Hall–Kier alpha value is -2.33. The van der Waals surface area contributed by atoms with Crippen molar-refractivity contribution in [1.29, 1.82) is 0 Å². The van der Waals surface area contributed by atoms with Gasteiger partial charge < -0.3 is 20.5 Å². The van der Waals surface area contributed by atoms with E-state index in [1.165, 1.54) is 0 Å². The van der Waals surface area contributed by atoms with Crippen molar-refractivity contribution in [1.82, 2.24) is 5.32 Å². The molecule has 0 aliphatic heterocycles. The van der Waals surface area contributed by atoms with Gasteiger partial charge in [0.1, 0.15) is 5.75 Å². The number of amides is 2. The second-order valence-corrected chi connectivity index (χ2v) is 4.95. The number of hydrogen-bond donors (Lipinski definition) is 3. The third kappa shape index (κ3) is 7.74. The van der Waals surface area contributed by atoms with Crippen LogP contribution in [0.1, 0.15) is 0 Å². The highest BCUT2D eigenvalue weighted by molar-refractivity contribution is 7.99. The summed E-state index contributed by atoms with van der Waals surface area (Å²) >= 11 is 1.57. The highest BCUT2D eigenvalue weighted by Gasteiger charge is 2.02. The second kappa shape index (κ2) is 9.55. The molecule has 0 bridgehead atoms. The molecule has 0 aliphatic rings. The van der Waals surface area contributed by atoms with Crippen molar-refractivity contribution in [3.05, 3.63) is 24.3 Å². The Morgan fingerprint density at radius 3 is 2.67 bits per heavy atom. The van der Waals surface area contributed by atoms with Gasteiger partial charge in [-0.1, -0.05) is 5.92 Å². The normalized spacial score (nSPS) is 9.48. The van der Waals surface area contributed by atoms with Crippen LogP contribution in [0.15, 0.2) is 24.3 Å². The average Bonchev–Trinajstić information content (AvgIpc) is 2.46. The first-order valence-corrected chi connectivity index (χ1v) is 7.28. The van der Waals surface area contributed by atoms with Gasteiger partial charge in [0.15, 0.2) is 6.61 Å². The van der Waals surface area contributed by atoms with E-state index in [2.05, 4.69) is 16.6 Å². The number of benzene rings is 1. The minimum absolute atomic E-state index is 0.310. The number of thioether (sulfide) groups is 1. The van der Waals surface area contributed by atoms with E-state index < -0.39 is 12.6 Å². The Morgan fingerprint density at radius 1 is 1.33 bits per heavy atom. The number of anilines is 1. The zero-order valence-electron chi connectivity index (χ0n) is 11.3. The SMILES string of the molecule is C#CCSCCNC(=O)Nc1ccc(OCC(=O)O)cc1. The molecule has 3 N–H and O–H groups in total. The van der Waals surface area contributed by atoms with Crippen LogP contribution in [-0.2, 0) is 4.79 Å². The first-order valence-electron chi connectivity index (χ1n) is 6.12. The standard InChI is InChI=1S/C14H16N2O4S/c1-2-8-21-9-7-15-14(19)16-11-3-5-12(6-4-11)20-10-13(17)18/h1,3-6H,7-10H2,(H,17,18)(H2,15,16,19). The van der Waals surface area contributed by atoms with Crippen molar-refractivity contribution in [2.45, 2.75) is 0 Å². The van der Waals surface area contributed by atoms with Gasteiger partial charge in [0.25, 0.3) is 0 Å². The third-order valence-corrected chi connectivity index (χ3v) is 3.06. The van der Waals surface area contributed by atoms with Gasteiger partial charge in [0.05, 0.1) is 5.75 Å². The fourth-order valence-corrected chi connectivity index (χ4v) is 1.83. The zero-order chi connectivity index (χ0) is 15.5. The average molecular weight is 308 g/mol. The lowest BCUT2D eigenvalue weighted by molar-refractivity contribution is -0.139. The molecule has 0 unspecified atom stereocenters.